The molecule has 0 rings (SSSR count). The van der Waals surface area contributed by atoms with Crippen LogP contribution < -0.4 is 0 Å². The van der Waals surface area contributed by atoms with Crippen molar-refractivity contribution in [2.75, 3.05) is 6.61 Å². The molecule has 2 heteroatoms. The summed E-state index contributed by atoms with van der Waals surface area (Å²) in [7, 11) is 0. The number of ether oxygens (including phenoxy) is 1. The van der Waals surface area contributed by atoms with E-state index in [1.165, 1.54) is 6.42 Å². The van der Waals surface area contributed by atoms with E-state index in [9.17, 15) is 4.79 Å². The van der Waals surface area contributed by atoms with Crippen molar-refractivity contribution >= 4 is 5.78 Å². The molecule has 0 saturated carbocycles. The standard InChI is InChI=1S/C16H32O2/c1-8-15(6,7)11-13(4)12-18-16(9-2,10-3)14(5)17/h13H,8-12H2,1-7H3. The van der Waals surface area contributed by atoms with Crippen LogP contribution in [-0.2, 0) is 9.53 Å². The summed E-state index contributed by atoms with van der Waals surface area (Å²) in [5, 5.41) is 0. The van der Waals surface area contributed by atoms with Gasteiger partial charge in [-0.1, -0.05) is 48.0 Å². The van der Waals surface area contributed by atoms with Gasteiger partial charge in [-0.05, 0) is 37.5 Å². The van der Waals surface area contributed by atoms with Gasteiger partial charge in [0.05, 0.1) is 6.61 Å². The van der Waals surface area contributed by atoms with Gasteiger partial charge in [-0.2, -0.15) is 0 Å². The highest BCUT2D eigenvalue weighted by molar-refractivity contribution is 5.84. The maximum absolute atomic E-state index is 11.8. The molecule has 0 bridgehead atoms. The van der Waals surface area contributed by atoms with E-state index in [4.69, 9.17) is 4.74 Å². The molecule has 0 saturated heterocycles. The Balaban J connectivity index is 4.41. The largest absolute Gasteiger partial charge is 0.367 e. The van der Waals surface area contributed by atoms with Crippen LogP contribution in [0.5, 0.6) is 0 Å². The summed E-state index contributed by atoms with van der Waals surface area (Å²) in [6, 6.07) is 0. The third-order valence-electron chi connectivity index (χ3n) is 4.29. The lowest BCUT2D eigenvalue weighted by Gasteiger charge is -2.32. The Morgan fingerprint density at radius 3 is 1.94 bits per heavy atom. The molecule has 0 fully saturated rings. The van der Waals surface area contributed by atoms with Gasteiger partial charge in [-0.25, -0.2) is 0 Å². The third kappa shape index (κ3) is 5.09. The number of carbonyl (C=O) groups excluding carboxylic acids is 1. The average molecular weight is 256 g/mol. The molecule has 0 aliphatic rings. The van der Waals surface area contributed by atoms with Gasteiger partial charge in [-0.15, -0.1) is 0 Å². The second-order valence-corrected chi connectivity index (χ2v) is 6.40. The maximum Gasteiger partial charge on any atom is 0.161 e. The van der Waals surface area contributed by atoms with Gasteiger partial charge < -0.3 is 4.74 Å². The van der Waals surface area contributed by atoms with Crippen LogP contribution in [0.2, 0.25) is 0 Å². The van der Waals surface area contributed by atoms with Gasteiger partial charge in [0, 0.05) is 0 Å². The zero-order chi connectivity index (χ0) is 14.4. The summed E-state index contributed by atoms with van der Waals surface area (Å²) in [5.41, 5.74) is -0.190. The van der Waals surface area contributed by atoms with E-state index in [-0.39, 0.29) is 5.78 Å². The van der Waals surface area contributed by atoms with Crippen LogP contribution in [0, 0.1) is 11.3 Å². The van der Waals surface area contributed by atoms with Crippen LogP contribution in [-0.4, -0.2) is 18.0 Å². The fourth-order valence-electron chi connectivity index (χ4n) is 2.50. The number of hydrogen-bond acceptors (Lipinski definition) is 2. The summed E-state index contributed by atoms with van der Waals surface area (Å²) < 4.78 is 5.99. The minimum Gasteiger partial charge on any atom is -0.367 e. The molecule has 0 radical (unpaired) electrons. The van der Waals surface area contributed by atoms with Crippen LogP contribution in [0.3, 0.4) is 0 Å². The first-order chi connectivity index (χ1) is 8.23. The van der Waals surface area contributed by atoms with Crippen molar-refractivity contribution < 1.29 is 9.53 Å². The van der Waals surface area contributed by atoms with Crippen LogP contribution in [0.25, 0.3) is 0 Å². The van der Waals surface area contributed by atoms with Crippen LogP contribution >= 0.6 is 0 Å². The zero-order valence-electron chi connectivity index (χ0n) is 13.4. The summed E-state index contributed by atoms with van der Waals surface area (Å²) in [6.45, 7) is 15.4. The fourth-order valence-corrected chi connectivity index (χ4v) is 2.50. The Morgan fingerprint density at radius 1 is 1.11 bits per heavy atom. The zero-order valence-corrected chi connectivity index (χ0v) is 13.4. The van der Waals surface area contributed by atoms with E-state index >= 15 is 0 Å². The van der Waals surface area contributed by atoms with E-state index in [2.05, 4.69) is 27.7 Å². The molecule has 0 aromatic rings. The SMILES string of the molecule is CCC(C)(C)CC(C)COC(CC)(CC)C(C)=O. The molecular weight excluding hydrogens is 224 g/mol. The lowest BCUT2D eigenvalue weighted by atomic mass is 9.81. The second-order valence-electron chi connectivity index (χ2n) is 6.40. The number of Topliss-reactive ketones (excluding diaryl/α,β-unsaturated/α-hetero) is 1. The van der Waals surface area contributed by atoms with Crippen molar-refractivity contribution in [1.29, 1.82) is 0 Å². The Labute approximate surface area is 113 Å². The predicted octanol–water partition coefficient (Wildman–Crippen LogP) is 4.61. The molecule has 0 N–H and O–H groups in total. The van der Waals surface area contributed by atoms with Gasteiger partial charge in [0.2, 0.25) is 0 Å². The molecule has 18 heavy (non-hydrogen) atoms. The van der Waals surface area contributed by atoms with Crippen molar-refractivity contribution in [2.45, 2.75) is 79.8 Å². The topological polar surface area (TPSA) is 26.3 Å². The predicted molar refractivity (Wildman–Crippen MR) is 77.8 cm³/mol. The monoisotopic (exact) mass is 256 g/mol. The van der Waals surface area contributed by atoms with Gasteiger partial charge in [-0.3, -0.25) is 4.79 Å². The first-order valence-corrected chi connectivity index (χ1v) is 7.38. The Morgan fingerprint density at radius 2 is 1.61 bits per heavy atom. The number of rotatable bonds is 9. The van der Waals surface area contributed by atoms with Crippen molar-refractivity contribution in [3.8, 4) is 0 Å². The summed E-state index contributed by atoms with van der Waals surface area (Å²) in [6.07, 6.45) is 3.85. The fraction of sp³-hybridized carbons (Fsp3) is 0.938. The molecule has 0 amide bonds. The van der Waals surface area contributed by atoms with Gasteiger partial charge in [0.15, 0.2) is 5.78 Å². The molecule has 0 spiro atoms. The van der Waals surface area contributed by atoms with Crippen molar-refractivity contribution in [2.24, 2.45) is 11.3 Å². The lowest BCUT2D eigenvalue weighted by Crippen LogP contribution is -2.40. The highest BCUT2D eigenvalue weighted by Crippen LogP contribution is 2.30. The van der Waals surface area contributed by atoms with Crippen LogP contribution in [0.4, 0.5) is 0 Å². The van der Waals surface area contributed by atoms with E-state index in [1.54, 1.807) is 6.92 Å². The molecule has 0 aliphatic heterocycles. The smallest absolute Gasteiger partial charge is 0.161 e. The van der Waals surface area contributed by atoms with Gasteiger partial charge in [0.1, 0.15) is 5.60 Å². The summed E-state index contributed by atoms with van der Waals surface area (Å²) >= 11 is 0. The van der Waals surface area contributed by atoms with Gasteiger partial charge in [0.25, 0.3) is 0 Å². The Hall–Kier alpha value is -0.370. The van der Waals surface area contributed by atoms with Crippen molar-refractivity contribution in [1.82, 2.24) is 0 Å². The Kier molecular flexibility index (Phi) is 7.13. The number of hydrogen-bond donors (Lipinski definition) is 0. The summed E-state index contributed by atoms with van der Waals surface area (Å²) in [5.74, 6) is 0.659. The minimum absolute atomic E-state index is 0.162. The average Bonchev–Trinajstić information content (AvgIpc) is 2.30. The molecule has 1 atom stereocenters. The van der Waals surface area contributed by atoms with Crippen LogP contribution in [0.1, 0.15) is 74.1 Å². The summed E-state index contributed by atoms with van der Waals surface area (Å²) in [4.78, 5) is 11.8. The van der Waals surface area contributed by atoms with E-state index in [0.717, 1.165) is 19.3 Å². The van der Waals surface area contributed by atoms with Crippen molar-refractivity contribution in [3.63, 3.8) is 0 Å². The normalized spacial score (nSPS) is 14.6. The van der Waals surface area contributed by atoms with Crippen LogP contribution in [0.15, 0.2) is 0 Å². The molecule has 108 valence electrons. The Bertz CT molecular complexity index is 252. The molecule has 0 aromatic heterocycles. The van der Waals surface area contributed by atoms with E-state index in [1.807, 2.05) is 13.8 Å². The van der Waals surface area contributed by atoms with E-state index < -0.39 is 5.60 Å². The second kappa shape index (κ2) is 7.28. The first-order valence-electron chi connectivity index (χ1n) is 7.38. The van der Waals surface area contributed by atoms with Gasteiger partial charge >= 0.3 is 0 Å². The molecule has 1 unspecified atom stereocenters. The van der Waals surface area contributed by atoms with E-state index in [0.29, 0.717) is 17.9 Å². The molecule has 2 nitrogen and oxygen atoms in total. The quantitative estimate of drug-likeness (QED) is 0.602. The number of ketones is 1. The van der Waals surface area contributed by atoms with Crippen molar-refractivity contribution in [3.05, 3.63) is 0 Å². The minimum atomic E-state index is -0.551. The maximum atomic E-state index is 11.8. The lowest BCUT2D eigenvalue weighted by molar-refractivity contribution is -0.146. The number of carbonyl (C=O) groups is 1. The molecule has 0 aromatic carbocycles. The molecule has 0 heterocycles. The highest BCUT2D eigenvalue weighted by Gasteiger charge is 2.33. The first kappa shape index (κ1) is 17.6. The molecule has 0 aliphatic carbocycles. The highest BCUT2D eigenvalue weighted by atomic mass is 16.5. The molecular formula is C16H32O2. The third-order valence-corrected chi connectivity index (χ3v) is 4.29.